The van der Waals surface area contributed by atoms with Crippen LogP contribution in [0.25, 0.3) is 0 Å². The Labute approximate surface area is 164 Å². The number of nitrogens with one attached hydrogen (secondary N) is 1. The first-order valence-corrected chi connectivity index (χ1v) is 9.40. The number of carbonyl (C=O) groups is 1. The van der Waals surface area contributed by atoms with Crippen LogP contribution in [0.4, 0.5) is 11.4 Å². The maximum absolute atomic E-state index is 11.4. The highest BCUT2D eigenvalue weighted by molar-refractivity contribution is 7.80. The number of benzene rings is 2. The Kier molecular flexibility index (Phi) is 5.79. The number of hydrogen-bond donors (Lipinski definition) is 1. The normalized spacial score (nSPS) is 14.3. The molecule has 1 N–H and O–H groups in total. The van der Waals surface area contributed by atoms with E-state index >= 15 is 0 Å². The van der Waals surface area contributed by atoms with Crippen LogP contribution in [0.15, 0.2) is 42.5 Å². The molecule has 26 heavy (non-hydrogen) atoms. The minimum absolute atomic E-state index is 0.0616. The van der Waals surface area contributed by atoms with Crippen molar-refractivity contribution in [3.63, 3.8) is 0 Å². The lowest BCUT2D eigenvalue weighted by atomic mass is 10.1. The van der Waals surface area contributed by atoms with Gasteiger partial charge in [-0.25, -0.2) is 0 Å². The van der Waals surface area contributed by atoms with E-state index < -0.39 is 0 Å². The Morgan fingerprint density at radius 3 is 2.35 bits per heavy atom. The largest absolute Gasteiger partial charge is 0.368 e. The third-order valence-corrected chi connectivity index (χ3v) is 5.22. The van der Waals surface area contributed by atoms with Crippen molar-refractivity contribution in [2.24, 2.45) is 0 Å². The van der Waals surface area contributed by atoms with Crippen LogP contribution in [-0.2, 0) is 0 Å². The van der Waals surface area contributed by atoms with Gasteiger partial charge in [-0.2, -0.15) is 0 Å². The summed E-state index contributed by atoms with van der Waals surface area (Å²) >= 11 is 11.7. The highest BCUT2D eigenvalue weighted by Crippen LogP contribution is 2.25. The van der Waals surface area contributed by atoms with Gasteiger partial charge in [0.1, 0.15) is 0 Å². The SMILES string of the molecule is CC(=O)c1ccc(NC(=S)N2CCN(c3cc(Cl)ccc3C)CC2)cc1. The smallest absolute Gasteiger partial charge is 0.173 e. The van der Waals surface area contributed by atoms with Gasteiger partial charge in [0, 0.05) is 48.1 Å². The Balaban J connectivity index is 1.58. The van der Waals surface area contributed by atoms with E-state index in [2.05, 4.69) is 28.1 Å². The third-order valence-electron chi connectivity index (χ3n) is 4.62. The van der Waals surface area contributed by atoms with E-state index in [1.807, 2.05) is 36.4 Å². The van der Waals surface area contributed by atoms with Crippen molar-refractivity contribution in [3.8, 4) is 0 Å². The van der Waals surface area contributed by atoms with Crippen molar-refractivity contribution in [2.75, 3.05) is 36.4 Å². The van der Waals surface area contributed by atoms with Gasteiger partial charge in [-0.3, -0.25) is 4.79 Å². The summed E-state index contributed by atoms with van der Waals surface area (Å²) in [6.07, 6.45) is 0. The zero-order valence-electron chi connectivity index (χ0n) is 15.0. The van der Waals surface area contributed by atoms with Gasteiger partial charge >= 0.3 is 0 Å². The topological polar surface area (TPSA) is 35.6 Å². The van der Waals surface area contributed by atoms with Crippen molar-refractivity contribution >= 4 is 46.1 Å². The fraction of sp³-hybridized carbons (Fsp3) is 0.300. The van der Waals surface area contributed by atoms with Crippen LogP contribution in [0.5, 0.6) is 0 Å². The summed E-state index contributed by atoms with van der Waals surface area (Å²) < 4.78 is 0. The lowest BCUT2D eigenvalue weighted by Gasteiger charge is -2.38. The van der Waals surface area contributed by atoms with E-state index in [4.69, 9.17) is 23.8 Å². The molecule has 0 spiro atoms. The standard InChI is InChI=1S/C20H22ClN3OS/c1-14-3-6-17(21)13-19(14)23-9-11-24(12-10-23)20(26)22-18-7-4-16(5-8-18)15(2)25/h3-8,13H,9-12H2,1-2H3,(H,22,26). The summed E-state index contributed by atoms with van der Waals surface area (Å²) in [7, 11) is 0. The average Bonchev–Trinajstić information content (AvgIpc) is 2.64. The molecule has 4 nitrogen and oxygen atoms in total. The van der Waals surface area contributed by atoms with Crippen LogP contribution >= 0.6 is 23.8 Å². The monoisotopic (exact) mass is 387 g/mol. The third kappa shape index (κ3) is 4.34. The second kappa shape index (κ2) is 8.06. The molecule has 0 atom stereocenters. The van der Waals surface area contributed by atoms with E-state index in [9.17, 15) is 4.79 Å². The van der Waals surface area contributed by atoms with E-state index in [0.717, 1.165) is 36.9 Å². The van der Waals surface area contributed by atoms with Crippen molar-refractivity contribution in [3.05, 3.63) is 58.6 Å². The molecular formula is C20H22ClN3OS. The number of anilines is 2. The second-order valence-electron chi connectivity index (χ2n) is 6.47. The minimum atomic E-state index is 0.0616. The van der Waals surface area contributed by atoms with Gasteiger partial charge in [-0.05, 0) is 68.0 Å². The number of aryl methyl sites for hydroxylation is 1. The Bertz CT molecular complexity index is 814. The van der Waals surface area contributed by atoms with Crippen LogP contribution in [0.3, 0.4) is 0 Å². The van der Waals surface area contributed by atoms with Crippen molar-refractivity contribution in [1.82, 2.24) is 4.90 Å². The number of piperazine rings is 1. The van der Waals surface area contributed by atoms with Gasteiger partial charge < -0.3 is 15.1 Å². The van der Waals surface area contributed by atoms with Crippen LogP contribution < -0.4 is 10.2 Å². The summed E-state index contributed by atoms with van der Waals surface area (Å²) in [5.41, 5.74) is 4.02. The van der Waals surface area contributed by atoms with Crippen LogP contribution in [0.1, 0.15) is 22.8 Å². The number of ketones is 1. The molecular weight excluding hydrogens is 366 g/mol. The molecule has 0 aromatic heterocycles. The van der Waals surface area contributed by atoms with Gasteiger partial charge in [-0.15, -0.1) is 0 Å². The lowest BCUT2D eigenvalue weighted by molar-refractivity contribution is 0.101. The quantitative estimate of drug-likeness (QED) is 0.625. The van der Waals surface area contributed by atoms with Crippen LogP contribution in [0.2, 0.25) is 5.02 Å². The Hall–Kier alpha value is -2.11. The first-order valence-electron chi connectivity index (χ1n) is 8.62. The summed E-state index contributed by atoms with van der Waals surface area (Å²) in [5, 5.41) is 4.73. The molecule has 0 saturated carbocycles. The molecule has 3 rings (SSSR count). The Morgan fingerprint density at radius 2 is 1.73 bits per heavy atom. The fourth-order valence-electron chi connectivity index (χ4n) is 3.06. The first kappa shape index (κ1) is 18.7. The average molecular weight is 388 g/mol. The highest BCUT2D eigenvalue weighted by atomic mass is 35.5. The fourth-order valence-corrected chi connectivity index (χ4v) is 3.53. The van der Waals surface area contributed by atoms with Gasteiger partial charge in [0.15, 0.2) is 10.9 Å². The highest BCUT2D eigenvalue weighted by Gasteiger charge is 2.20. The maximum Gasteiger partial charge on any atom is 0.173 e. The Morgan fingerprint density at radius 1 is 1.08 bits per heavy atom. The molecule has 1 fully saturated rings. The van der Waals surface area contributed by atoms with Crippen molar-refractivity contribution in [2.45, 2.75) is 13.8 Å². The molecule has 1 aliphatic heterocycles. The van der Waals surface area contributed by atoms with E-state index in [0.29, 0.717) is 10.7 Å². The van der Waals surface area contributed by atoms with E-state index in [1.165, 1.54) is 11.3 Å². The van der Waals surface area contributed by atoms with E-state index in [-0.39, 0.29) is 5.78 Å². The molecule has 1 aliphatic rings. The number of Topliss-reactive ketones (excluding diaryl/α,β-unsaturated/α-hetero) is 1. The minimum Gasteiger partial charge on any atom is -0.368 e. The van der Waals surface area contributed by atoms with E-state index in [1.54, 1.807) is 6.92 Å². The zero-order chi connectivity index (χ0) is 18.7. The molecule has 0 radical (unpaired) electrons. The predicted molar refractivity (Wildman–Crippen MR) is 113 cm³/mol. The van der Waals surface area contributed by atoms with Gasteiger partial charge in [-0.1, -0.05) is 17.7 Å². The number of rotatable bonds is 3. The number of thiocarbonyl (C=S) groups is 1. The number of nitrogens with zero attached hydrogens (tertiary/aromatic N) is 2. The molecule has 0 bridgehead atoms. The molecule has 2 aromatic carbocycles. The number of halogens is 1. The molecule has 0 unspecified atom stereocenters. The van der Waals surface area contributed by atoms with Gasteiger partial charge in [0.2, 0.25) is 0 Å². The second-order valence-corrected chi connectivity index (χ2v) is 7.29. The van der Waals surface area contributed by atoms with Gasteiger partial charge in [0.05, 0.1) is 0 Å². The summed E-state index contributed by atoms with van der Waals surface area (Å²) in [6.45, 7) is 7.16. The molecule has 136 valence electrons. The van der Waals surface area contributed by atoms with Crippen LogP contribution in [0, 0.1) is 6.92 Å². The molecule has 0 aliphatic carbocycles. The predicted octanol–water partition coefficient (Wildman–Crippen LogP) is 4.37. The molecule has 0 amide bonds. The maximum atomic E-state index is 11.4. The molecule has 6 heteroatoms. The summed E-state index contributed by atoms with van der Waals surface area (Å²) in [6, 6.07) is 13.4. The van der Waals surface area contributed by atoms with Crippen molar-refractivity contribution < 1.29 is 4.79 Å². The lowest BCUT2D eigenvalue weighted by Crippen LogP contribution is -2.50. The molecule has 1 saturated heterocycles. The summed E-state index contributed by atoms with van der Waals surface area (Å²) in [4.78, 5) is 15.9. The molecule has 2 aromatic rings. The number of hydrogen-bond acceptors (Lipinski definition) is 3. The zero-order valence-corrected chi connectivity index (χ0v) is 16.5. The van der Waals surface area contributed by atoms with Crippen LogP contribution in [-0.4, -0.2) is 42.0 Å². The molecule has 1 heterocycles. The van der Waals surface area contributed by atoms with Crippen molar-refractivity contribution in [1.29, 1.82) is 0 Å². The first-order chi connectivity index (χ1) is 12.4. The summed E-state index contributed by atoms with van der Waals surface area (Å²) in [5.74, 6) is 0.0616. The number of carbonyl (C=O) groups excluding carboxylic acids is 1. The van der Waals surface area contributed by atoms with Gasteiger partial charge in [0.25, 0.3) is 0 Å².